The van der Waals surface area contributed by atoms with Gasteiger partial charge < -0.3 is 25.7 Å². The number of likely N-dealkylation sites (tertiary alicyclic amines) is 1. The van der Waals surface area contributed by atoms with Crippen LogP contribution in [0.4, 0.5) is 10.1 Å². The lowest BCUT2D eigenvalue weighted by Gasteiger charge is -2.53. The van der Waals surface area contributed by atoms with Crippen molar-refractivity contribution in [1.82, 2.24) is 9.80 Å². The number of phenolic OH excluding ortho intramolecular Hbond substituents is 1. The van der Waals surface area contributed by atoms with Gasteiger partial charge in [0, 0.05) is 28.5 Å². The number of fused-ring (bicyclic) bond motifs is 3. The normalized spacial score (nSPS) is 29.9. The number of carbonyl (C=O) groups is 4. The Kier molecular flexibility index (Phi) is 6.87. The summed E-state index contributed by atoms with van der Waals surface area (Å²) in [7, 11) is 3.07. The molecule has 0 bridgehead atoms. The molecule has 1 saturated heterocycles. The fourth-order valence-electron chi connectivity index (χ4n) is 7.17. The minimum atomic E-state index is -2.74. The fraction of sp³-hybridized carbons (Fsp3) is 0.517. The van der Waals surface area contributed by atoms with Gasteiger partial charge in [0.05, 0.1) is 23.8 Å². The van der Waals surface area contributed by atoms with Crippen molar-refractivity contribution in [3.8, 4) is 5.75 Å². The molecule has 0 radical (unpaired) electrons. The summed E-state index contributed by atoms with van der Waals surface area (Å²) >= 11 is 0. The number of hydrogen-bond acceptors (Lipinski definition) is 10. The average Bonchev–Trinajstić information content (AvgIpc) is 3.37. The molecule has 0 unspecified atom stereocenters. The number of Topliss-reactive ketones (excluding diaryl/α,β-unsaturated/α-hetero) is 3. The van der Waals surface area contributed by atoms with Crippen LogP contribution in [0, 0.1) is 17.2 Å². The molecule has 5 rings (SSSR count). The van der Waals surface area contributed by atoms with Gasteiger partial charge >= 0.3 is 0 Å². The second kappa shape index (κ2) is 9.74. The number of phenols is 1. The lowest BCUT2D eigenvalue weighted by atomic mass is 9.52. The number of aromatic hydroxyl groups is 1. The van der Waals surface area contributed by atoms with Gasteiger partial charge in [-0.2, -0.15) is 0 Å². The number of hydrogen-bond donors (Lipinski definition) is 5. The van der Waals surface area contributed by atoms with E-state index in [0.717, 1.165) is 38.9 Å². The predicted molar refractivity (Wildman–Crippen MR) is 145 cm³/mol. The minimum absolute atomic E-state index is 0.0338. The average molecular weight is 572 g/mol. The van der Waals surface area contributed by atoms with E-state index in [1.54, 1.807) is 6.92 Å². The van der Waals surface area contributed by atoms with Gasteiger partial charge in [-0.25, -0.2) is 4.39 Å². The summed E-state index contributed by atoms with van der Waals surface area (Å²) in [6, 6.07) is -0.217. The molecule has 12 heteroatoms. The number of anilines is 1. The third kappa shape index (κ3) is 4.19. The first-order valence-corrected chi connectivity index (χ1v) is 13.6. The van der Waals surface area contributed by atoms with Crippen molar-refractivity contribution in [2.24, 2.45) is 11.3 Å². The molecule has 220 valence electrons. The summed E-state index contributed by atoms with van der Waals surface area (Å²) in [5.74, 6) is -7.86. The molecule has 4 aliphatic rings. The number of nitrogens with one attached hydrogen (secondary N) is 1. The number of amides is 1. The molecular formula is C29H34FN3O8. The molecule has 1 amide bonds. The number of aliphatic hydroxyl groups is 3. The zero-order valence-electron chi connectivity index (χ0n) is 23.4. The van der Waals surface area contributed by atoms with Crippen LogP contribution in [-0.4, -0.2) is 98.9 Å². The second-order valence-corrected chi connectivity index (χ2v) is 12.1. The number of halogens is 1. The van der Waals surface area contributed by atoms with Gasteiger partial charge in [0.1, 0.15) is 22.9 Å². The molecule has 5 N–H and O–H groups in total. The van der Waals surface area contributed by atoms with Crippen molar-refractivity contribution < 1.29 is 44.0 Å². The molecule has 3 aliphatic carbocycles. The van der Waals surface area contributed by atoms with Crippen LogP contribution < -0.4 is 5.32 Å². The van der Waals surface area contributed by atoms with Crippen LogP contribution in [0.3, 0.4) is 0 Å². The summed E-state index contributed by atoms with van der Waals surface area (Å²) in [5.41, 5.74) is -5.93. The van der Waals surface area contributed by atoms with E-state index in [0.29, 0.717) is 0 Å². The van der Waals surface area contributed by atoms with E-state index < -0.39 is 80.5 Å². The number of ketones is 3. The lowest BCUT2D eigenvalue weighted by molar-refractivity contribution is -0.156. The summed E-state index contributed by atoms with van der Waals surface area (Å²) in [6.45, 7) is 4.11. The van der Waals surface area contributed by atoms with Gasteiger partial charge in [0.25, 0.3) is 0 Å². The quantitative estimate of drug-likeness (QED) is 0.259. The van der Waals surface area contributed by atoms with Crippen LogP contribution in [-0.2, 0) is 25.6 Å². The number of likely N-dealkylation sites (N-methyl/N-ethyl adjacent to an activating group) is 1. The molecule has 1 aromatic carbocycles. The second-order valence-electron chi connectivity index (χ2n) is 12.1. The number of benzene rings is 1. The Morgan fingerprint density at radius 3 is 2.39 bits per heavy atom. The van der Waals surface area contributed by atoms with Crippen molar-refractivity contribution >= 4 is 34.7 Å². The summed E-state index contributed by atoms with van der Waals surface area (Å²) < 4.78 is 15.6. The zero-order valence-corrected chi connectivity index (χ0v) is 23.4. The molecule has 41 heavy (non-hydrogen) atoms. The predicted octanol–water partition coefficient (Wildman–Crippen LogP) is 1.63. The maximum absolute atomic E-state index is 15.6. The van der Waals surface area contributed by atoms with E-state index in [1.165, 1.54) is 19.0 Å². The Morgan fingerprint density at radius 1 is 1.17 bits per heavy atom. The van der Waals surface area contributed by atoms with E-state index in [4.69, 9.17) is 0 Å². The van der Waals surface area contributed by atoms with Crippen LogP contribution in [0.5, 0.6) is 5.75 Å². The number of rotatable bonds is 5. The van der Waals surface area contributed by atoms with E-state index in [2.05, 4.69) is 5.32 Å². The van der Waals surface area contributed by atoms with Crippen LogP contribution in [0.1, 0.15) is 44.2 Å². The Morgan fingerprint density at radius 2 is 1.80 bits per heavy atom. The Labute approximate surface area is 235 Å². The maximum Gasteiger partial charge on any atom is 0.238 e. The van der Waals surface area contributed by atoms with E-state index in [9.17, 15) is 39.6 Å². The van der Waals surface area contributed by atoms with Gasteiger partial charge in [-0.1, -0.05) is 6.92 Å². The third-order valence-electron chi connectivity index (χ3n) is 9.02. The van der Waals surface area contributed by atoms with Crippen molar-refractivity contribution in [1.29, 1.82) is 0 Å². The molecule has 1 heterocycles. The number of nitrogens with zero attached hydrogens (tertiary/aromatic N) is 2. The van der Waals surface area contributed by atoms with Crippen LogP contribution in [0.15, 0.2) is 23.0 Å². The Bertz CT molecular complexity index is 1460. The van der Waals surface area contributed by atoms with Crippen molar-refractivity contribution in [3.05, 3.63) is 39.9 Å². The van der Waals surface area contributed by atoms with Gasteiger partial charge in [-0.15, -0.1) is 0 Å². The molecule has 4 atom stereocenters. The van der Waals surface area contributed by atoms with E-state index >= 15 is 4.39 Å². The van der Waals surface area contributed by atoms with Gasteiger partial charge in [0.2, 0.25) is 11.7 Å². The first kappa shape index (κ1) is 28.9. The highest BCUT2D eigenvalue weighted by atomic mass is 19.1. The van der Waals surface area contributed by atoms with Crippen LogP contribution in [0.25, 0.3) is 5.76 Å². The monoisotopic (exact) mass is 571 g/mol. The van der Waals surface area contributed by atoms with E-state index in [-0.39, 0.29) is 36.2 Å². The molecule has 2 fully saturated rings. The molecule has 0 spiro atoms. The Hall–Kier alpha value is -3.61. The third-order valence-corrected chi connectivity index (χ3v) is 9.02. The summed E-state index contributed by atoms with van der Waals surface area (Å²) in [6.07, 6.45) is 1.57. The SMILES string of the molecule is CC(=O)C1=C(O)[C@@]2(O)C(=O)C3=C(O)c4c(O)c(NC(=O)CN5CCCC5)cc(F)c4C[C@@]3(C)C[C@H]2[C@H](N(C)C)C1=O. The first-order chi connectivity index (χ1) is 19.1. The molecule has 0 aromatic heterocycles. The summed E-state index contributed by atoms with van der Waals surface area (Å²) in [4.78, 5) is 55.7. The number of aliphatic hydroxyl groups excluding tert-OH is 2. The van der Waals surface area contributed by atoms with Crippen molar-refractivity contribution in [2.45, 2.75) is 51.2 Å². The van der Waals surface area contributed by atoms with Crippen molar-refractivity contribution in [2.75, 3.05) is 39.0 Å². The lowest BCUT2D eigenvalue weighted by Crippen LogP contribution is -2.67. The zero-order chi connectivity index (χ0) is 30.2. The molecule has 1 aromatic rings. The van der Waals surface area contributed by atoms with Crippen LogP contribution in [0.2, 0.25) is 0 Å². The minimum Gasteiger partial charge on any atom is -0.508 e. The Balaban J connectivity index is 1.64. The fourth-order valence-corrected chi connectivity index (χ4v) is 7.17. The molecule has 1 aliphatic heterocycles. The highest BCUT2D eigenvalue weighted by Crippen LogP contribution is 2.58. The van der Waals surface area contributed by atoms with Gasteiger partial charge in [0.15, 0.2) is 22.9 Å². The maximum atomic E-state index is 15.6. The number of carbonyl (C=O) groups excluding carboxylic acids is 4. The van der Waals surface area contributed by atoms with E-state index in [1.807, 2.05) is 4.90 Å². The highest BCUT2D eigenvalue weighted by molar-refractivity contribution is 6.25. The highest BCUT2D eigenvalue weighted by Gasteiger charge is 2.66. The molecule has 1 saturated carbocycles. The topological polar surface area (TPSA) is 168 Å². The van der Waals surface area contributed by atoms with Crippen LogP contribution >= 0.6 is 0 Å². The first-order valence-electron chi connectivity index (χ1n) is 13.6. The largest absolute Gasteiger partial charge is 0.508 e. The smallest absolute Gasteiger partial charge is 0.238 e. The summed E-state index contributed by atoms with van der Waals surface area (Å²) in [5, 5.41) is 47.8. The molecular weight excluding hydrogens is 537 g/mol. The van der Waals surface area contributed by atoms with Gasteiger partial charge in [-0.3, -0.25) is 29.0 Å². The van der Waals surface area contributed by atoms with Crippen molar-refractivity contribution in [3.63, 3.8) is 0 Å². The van der Waals surface area contributed by atoms with Gasteiger partial charge in [-0.05, 0) is 59.8 Å². The standard InChI is InChI=1S/C29H34FN3O8/c1-13(34)19-25(38)22(32(3)4)15-11-28(2)10-14-16(30)9-17(31-18(35)12-33-7-5-6-8-33)23(36)20(14)24(37)21(28)27(40)29(15,41)26(19)39/h9,15,22,36-37,39,41H,5-8,10-12H2,1-4H3,(H,31,35)/t15-,22-,28-,29+/m0/s1. The molecule has 11 nitrogen and oxygen atoms in total.